The van der Waals surface area contributed by atoms with Crippen molar-refractivity contribution >= 4 is 28.4 Å². The second kappa shape index (κ2) is 8.80. The molecule has 176 valence electrons. The normalized spacial score (nSPS) is 16.9. The lowest BCUT2D eigenvalue weighted by atomic mass is 10.2. The second-order valence-corrected chi connectivity index (χ2v) is 8.73. The van der Waals surface area contributed by atoms with Crippen LogP contribution < -0.4 is 10.6 Å². The van der Waals surface area contributed by atoms with Gasteiger partial charge < -0.3 is 10.6 Å². The lowest BCUT2D eigenvalue weighted by Crippen LogP contribution is -2.43. The Hall–Kier alpha value is -4.31. The molecule has 0 bridgehead atoms. The number of amides is 1. The van der Waals surface area contributed by atoms with Crippen LogP contribution in [0.3, 0.4) is 0 Å². The van der Waals surface area contributed by atoms with Gasteiger partial charge in [0.05, 0.1) is 17.3 Å². The van der Waals surface area contributed by atoms with E-state index in [1.54, 1.807) is 15.4 Å². The predicted octanol–water partition coefficient (Wildman–Crippen LogP) is 2.09. The van der Waals surface area contributed by atoms with Crippen molar-refractivity contribution in [3.63, 3.8) is 0 Å². The molecule has 0 radical (unpaired) electrons. The molecular formula is C25H25N9O. The van der Waals surface area contributed by atoms with Crippen LogP contribution in [0.2, 0.25) is 0 Å². The van der Waals surface area contributed by atoms with E-state index in [0.29, 0.717) is 30.5 Å². The summed E-state index contributed by atoms with van der Waals surface area (Å²) in [7, 11) is 1.86. The fraction of sp³-hybridized carbons (Fsp3) is 0.240. The number of aromatic nitrogens is 6. The van der Waals surface area contributed by atoms with Crippen LogP contribution in [0.4, 0.5) is 5.95 Å². The van der Waals surface area contributed by atoms with Crippen molar-refractivity contribution in [2.24, 2.45) is 7.05 Å². The number of hydrogen-bond acceptors (Lipinski definition) is 7. The molecule has 0 aliphatic carbocycles. The van der Waals surface area contributed by atoms with Crippen LogP contribution in [-0.4, -0.2) is 65.8 Å². The highest BCUT2D eigenvalue weighted by Gasteiger charge is 2.27. The molecule has 5 aromatic rings. The van der Waals surface area contributed by atoms with Crippen molar-refractivity contribution in [2.45, 2.75) is 12.6 Å². The van der Waals surface area contributed by atoms with Crippen LogP contribution in [0.5, 0.6) is 0 Å². The highest BCUT2D eigenvalue weighted by molar-refractivity contribution is 5.93. The van der Waals surface area contributed by atoms with Gasteiger partial charge in [-0.1, -0.05) is 42.5 Å². The molecule has 0 spiro atoms. The van der Waals surface area contributed by atoms with E-state index >= 15 is 0 Å². The molecule has 3 aromatic heterocycles. The van der Waals surface area contributed by atoms with E-state index in [9.17, 15) is 4.79 Å². The maximum atomic E-state index is 13.0. The highest BCUT2D eigenvalue weighted by atomic mass is 16.2. The number of nitrogens with one attached hydrogen (secondary N) is 2. The molecule has 1 saturated heterocycles. The van der Waals surface area contributed by atoms with Crippen LogP contribution >= 0.6 is 0 Å². The average Bonchev–Trinajstić information content (AvgIpc) is 3.47. The third-order valence-corrected chi connectivity index (χ3v) is 6.18. The fourth-order valence-electron chi connectivity index (χ4n) is 4.45. The van der Waals surface area contributed by atoms with E-state index in [1.807, 2.05) is 55.7 Å². The molecule has 2 N–H and O–H groups in total. The molecular weight excluding hydrogens is 442 g/mol. The summed E-state index contributed by atoms with van der Waals surface area (Å²) in [5.74, 6) is 0.967. The van der Waals surface area contributed by atoms with Gasteiger partial charge in [-0.25, -0.2) is 9.97 Å². The Morgan fingerprint density at radius 1 is 1.09 bits per heavy atom. The molecule has 6 rings (SSSR count). The summed E-state index contributed by atoms with van der Waals surface area (Å²) in [6.45, 7) is 2.68. The van der Waals surface area contributed by atoms with E-state index in [2.05, 4.69) is 32.8 Å². The molecule has 10 heteroatoms. The Balaban J connectivity index is 1.37. The van der Waals surface area contributed by atoms with Gasteiger partial charge in [0.25, 0.3) is 0 Å². The summed E-state index contributed by atoms with van der Waals surface area (Å²) in [5.41, 5.74) is 3.48. The van der Waals surface area contributed by atoms with Crippen molar-refractivity contribution < 1.29 is 4.79 Å². The largest absolute Gasteiger partial charge is 0.353 e. The van der Waals surface area contributed by atoms with E-state index in [1.165, 1.54) is 5.56 Å². The number of carbonyl (C=O) groups is 1. The number of aryl methyl sites for hydroxylation is 1. The van der Waals surface area contributed by atoms with Crippen LogP contribution in [0.1, 0.15) is 5.56 Å². The number of nitrogens with zero attached hydrogens (tertiary/aromatic N) is 7. The zero-order valence-electron chi connectivity index (χ0n) is 19.3. The summed E-state index contributed by atoms with van der Waals surface area (Å²) in [6, 6.07) is 17.6. The van der Waals surface area contributed by atoms with Crippen molar-refractivity contribution in [2.75, 3.05) is 25.0 Å². The van der Waals surface area contributed by atoms with E-state index in [4.69, 9.17) is 15.1 Å². The van der Waals surface area contributed by atoms with Gasteiger partial charge >= 0.3 is 0 Å². The van der Waals surface area contributed by atoms with Gasteiger partial charge in [0.15, 0.2) is 11.5 Å². The minimum Gasteiger partial charge on any atom is -0.353 e. The van der Waals surface area contributed by atoms with E-state index in [-0.39, 0.29) is 5.91 Å². The monoisotopic (exact) mass is 467 g/mol. The maximum absolute atomic E-state index is 13.0. The Kier molecular flexibility index (Phi) is 5.34. The molecule has 1 aliphatic heterocycles. The highest BCUT2D eigenvalue weighted by Crippen LogP contribution is 2.24. The lowest BCUT2D eigenvalue weighted by molar-refractivity contribution is -0.121. The van der Waals surface area contributed by atoms with Crippen molar-refractivity contribution in [1.82, 2.24) is 39.6 Å². The summed E-state index contributed by atoms with van der Waals surface area (Å²) in [5, 5.41) is 16.2. The molecule has 1 atom stereocenters. The smallest absolute Gasteiger partial charge is 0.243 e. The Morgan fingerprint density at radius 3 is 2.74 bits per heavy atom. The third-order valence-electron chi connectivity index (χ3n) is 6.18. The second-order valence-electron chi connectivity index (χ2n) is 8.73. The van der Waals surface area contributed by atoms with Gasteiger partial charge in [0, 0.05) is 44.8 Å². The molecule has 1 aliphatic rings. The SMILES string of the molecule is Cn1cc(-c2nc3c4ccccc4nc(NC4CN(Cc5ccccc5)CCNC4=O)n3n2)cn1. The first kappa shape index (κ1) is 21.2. The number of para-hydroxylation sites is 1. The summed E-state index contributed by atoms with van der Waals surface area (Å²) in [4.78, 5) is 24.8. The zero-order chi connectivity index (χ0) is 23.8. The van der Waals surface area contributed by atoms with Gasteiger partial charge in [0.2, 0.25) is 11.9 Å². The number of anilines is 1. The van der Waals surface area contributed by atoms with E-state index in [0.717, 1.165) is 29.6 Å². The summed E-state index contributed by atoms with van der Waals surface area (Å²) in [6.07, 6.45) is 3.61. The molecule has 1 unspecified atom stereocenters. The van der Waals surface area contributed by atoms with Crippen molar-refractivity contribution in [3.8, 4) is 11.4 Å². The number of fused-ring (bicyclic) bond motifs is 3. The first-order chi connectivity index (χ1) is 17.1. The Bertz CT molecular complexity index is 1510. The quantitative estimate of drug-likeness (QED) is 0.408. The number of carbonyl (C=O) groups excluding carboxylic acids is 1. The third kappa shape index (κ3) is 4.19. The number of rotatable bonds is 5. The Labute approximate surface area is 201 Å². The molecule has 1 amide bonds. The molecule has 0 saturated carbocycles. The Morgan fingerprint density at radius 2 is 1.91 bits per heavy atom. The maximum Gasteiger partial charge on any atom is 0.243 e. The molecule has 1 fully saturated rings. The molecule has 35 heavy (non-hydrogen) atoms. The standard InChI is InChI=1S/C25H25N9O/c1-32-15-18(13-27-32)22-30-23-19-9-5-6-10-20(19)28-25(34(23)31-22)29-21-16-33(12-11-26-24(21)35)14-17-7-3-2-4-8-17/h2-10,13,15,21H,11-12,14,16H2,1H3,(H,26,35)(H,28,29). The van der Waals surface area contributed by atoms with Crippen LogP contribution in [0, 0.1) is 0 Å². The van der Waals surface area contributed by atoms with Gasteiger partial charge in [-0.05, 0) is 17.7 Å². The first-order valence-corrected chi connectivity index (χ1v) is 11.6. The van der Waals surface area contributed by atoms with Gasteiger partial charge in [0.1, 0.15) is 6.04 Å². The van der Waals surface area contributed by atoms with Crippen molar-refractivity contribution in [1.29, 1.82) is 0 Å². The van der Waals surface area contributed by atoms with Gasteiger partial charge in [-0.15, -0.1) is 5.10 Å². The molecule has 10 nitrogen and oxygen atoms in total. The fourth-order valence-corrected chi connectivity index (χ4v) is 4.45. The van der Waals surface area contributed by atoms with Crippen molar-refractivity contribution in [3.05, 3.63) is 72.6 Å². The topological polar surface area (TPSA) is 105 Å². The molecule has 4 heterocycles. The first-order valence-electron chi connectivity index (χ1n) is 11.6. The van der Waals surface area contributed by atoms with Gasteiger partial charge in [-0.3, -0.25) is 14.4 Å². The minimum atomic E-state index is -0.496. The van der Waals surface area contributed by atoms with Crippen LogP contribution in [-0.2, 0) is 18.4 Å². The van der Waals surface area contributed by atoms with Gasteiger partial charge in [-0.2, -0.15) is 9.61 Å². The van der Waals surface area contributed by atoms with E-state index < -0.39 is 6.04 Å². The number of benzene rings is 2. The molecule has 2 aromatic carbocycles. The summed E-state index contributed by atoms with van der Waals surface area (Å²) >= 11 is 0. The summed E-state index contributed by atoms with van der Waals surface area (Å²) < 4.78 is 3.40. The zero-order valence-corrected chi connectivity index (χ0v) is 19.3. The minimum absolute atomic E-state index is 0.0590. The average molecular weight is 468 g/mol. The number of hydrogen-bond donors (Lipinski definition) is 2. The van der Waals surface area contributed by atoms with Crippen LogP contribution in [0.25, 0.3) is 27.9 Å². The van der Waals surface area contributed by atoms with Crippen LogP contribution in [0.15, 0.2) is 67.0 Å². The lowest BCUT2D eigenvalue weighted by Gasteiger charge is -2.24. The predicted molar refractivity (Wildman–Crippen MR) is 133 cm³/mol.